The third-order valence-electron chi connectivity index (χ3n) is 1.58. The van der Waals surface area contributed by atoms with E-state index in [0.29, 0.717) is 23.2 Å². The van der Waals surface area contributed by atoms with Crippen LogP contribution >= 0.6 is 0 Å². The number of nitrogens with one attached hydrogen (secondary N) is 1. The topological polar surface area (TPSA) is 70.7 Å². The van der Waals surface area contributed by atoms with Crippen molar-refractivity contribution in [3.05, 3.63) is 0 Å². The van der Waals surface area contributed by atoms with Gasteiger partial charge in [0.05, 0.1) is 23.3 Å². The third kappa shape index (κ3) is 9.38. The molecule has 0 heterocycles. The van der Waals surface area contributed by atoms with Gasteiger partial charge >= 0.3 is 19.5 Å². The fourth-order valence-corrected chi connectivity index (χ4v) is 0.783. The molecular formula is C9H15N5OS2Zn. The summed E-state index contributed by atoms with van der Waals surface area (Å²) >= 11 is 9.60. The van der Waals surface area contributed by atoms with Crippen LogP contribution in [0.2, 0.25) is 0 Å². The van der Waals surface area contributed by atoms with Crippen LogP contribution in [0.3, 0.4) is 0 Å². The first-order valence-corrected chi connectivity index (χ1v) is 5.72. The van der Waals surface area contributed by atoms with Crippen molar-refractivity contribution >= 4 is 47.1 Å². The van der Waals surface area contributed by atoms with Gasteiger partial charge in [-0.15, -0.1) is 5.10 Å². The first-order valence-electron chi connectivity index (χ1n) is 4.90. The SMILES string of the molecule is CCO/C([S-])=N/N=C(C)/C(C)=N/N=C(\[S-])NC.[Zn+2]. The molecule has 0 rings (SSSR count). The molecule has 0 aliphatic carbocycles. The van der Waals surface area contributed by atoms with Crippen molar-refractivity contribution in [1.82, 2.24) is 5.32 Å². The molecule has 0 aliphatic heterocycles. The van der Waals surface area contributed by atoms with Crippen LogP contribution in [0.25, 0.3) is 0 Å². The number of rotatable bonds is 4. The molecule has 0 aromatic rings. The molecule has 0 fully saturated rings. The Morgan fingerprint density at radius 1 is 1.06 bits per heavy atom. The minimum Gasteiger partial charge on any atom is -0.741 e. The molecule has 0 atom stereocenters. The largest absolute Gasteiger partial charge is 2.00 e. The predicted octanol–water partition coefficient (Wildman–Crippen LogP) is 0.797. The van der Waals surface area contributed by atoms with Crippen molar-refractivity contribution in [2.24, 2.45) is 20.4 Å². The molecule has 96 valence electrons. The van der Waals surface area contributed by atoms with E-state index in [9.17, 15) is 0 Å². The molecule has 0 radical (unpaired) electrons. The van der Waals surface area contributed by atoms with Crippen LogP contribution in [0.1, 0.15) is 20.8 Å². The molecule has 0 aliphatic rings. The minimum atomic E-state index is 0. The maximum Gasteiger partial charge on any atom is 2.00 e. The molecule has 9 heteroatoms. The zero-order valence-electron chi connectivity index (χ0n) is 10.9. The fourth-order valence-electron chi connectivity index (χ4n) is 0.583. The number of hydrogen-bond acceptors (Lipinski definition) is 7. The van der Waals surface area contributed by atoms with E-state index >= 15 is 0 Å². The Hall–Kier alpha value is -0.657. The number of nitrogens with zero attached hydrogens (tertiary/aromatic N) is 4. The summed E-state index contributed by atoms with van der Waals surface area (Å²) in [4.78, 5) is 0. The molecule has 0 unspecified atom stereocenters. The summed E-state index contributed by atoms with van der Waals surface area (Å²) in [6.45, 7) is 5.78. The molecule has 1 N–H and O–H groups in total. The normalized spacial score (nSPS) is 14.0. The van der Waals surface area contributed by atoms with Crippen LogP contribution in [-0.2, 0) is 49.5 Å². The first-order chi connectivity index (χ1) is 8.01. The Bertz CT molecular complexity index is 368. The number of amidine groups is 1. The third-order valence-corrected chi connectivity index (χ3v) is 2.06. The van der Waals surface area contributed by atoms with Crippen LogP contribution in [0.5, 0.6) is 0 Å². The first kappa shape index (κ1) is 19.7. The van der Waals surface area contributed by atoms with E-state index in [0.717, 1.165) is 0 Å². The molecule has 0 spiro atoms. The van der Waals surface area contributed by atoms with Crippen molar-refractivity contribution in [3.63, 3.8) is 0 Å². The summed E-state index contributed by atoms with van der Waals surface area (Å²) in [6.07, 6.45) is 0. The zero-order chi connectivity index (χ0) is 13.3. The van der Waals surface area contributed by atoms with Gasteiger partial charge in [0.25, 0.3) is 0 Å². The Kier molecular flexibility index (Phi) is 12.5. The van der Waals surface area contributed by atoms with E-state index < -0.39 is 0 Å². The van der Waals surface area contributed by atoms with Gasteiger partial charge in [0.15, 0.2) is 0 Å². The van der Waals surface area contributed by atoms with Crippen molar-refractivity contribution in [3.8, 4) is 0 Å². The Morgan fingerprint density at radius 2 is 1.56 bits per heavy atom. The second-order valence-electron chi connectivity index (χ2n) is 2.82. The van der Waals surface area contributed by atoms with Gasteiger partial charge in [0, 0.05) is 7.05 Å². The van der Waals surface area contributed by atoms with Gasteiger partial charge in [-0.05, 0) is 25.9 Å². The summed E-state index contributed by atoms with van der Waals surface area (Å²) in [5.74, 6) is 0. The van der Waals surface area contributed by atoms with E-state index in [-0.39, 0.29) is 24.7 Å². The summed E-state index contributed by atoms with van der Waals surface area (Å²) < 4.78 is 4.95. The van der Waals surface area contributed by atoms with Crippen molar-refractivity contribution in [1.29, 1.82) is 0 Å². The summed E-state index contributed by atoms with van der Waals surface area (Å²) in [5.41, 5.74) is 1.19. The van der Waals surface area contributed by atoms with Gasteiger partial charge in [-0.25, -0.2) is 0 Å². The predicted molar refractivity (Wildman–Crippen MR) is 76.5 cm³/mol. The Balaban J connectivity index is 0. The van der Waals surface area contributed by atoms with Crippen LogP contribution in [-0.4, -0.2) is 35.5 Å². The van der Waals surface area contributed by atoms with Gasteiger partial charge in [-0.2, -0.15) is 15.3 Å². The number of hydrogen-bond donors (Lipinski definition) is 1. The molecule has 6 nitrogen and oxygen atoms in total. The molecule has 18 heavy (non-hydrogen) atoms. The van der Waals surface area contributed by atoms with Crippen LogP contribution in [0, 0.1) is 0 Å². The standard InChI is InChI=1S/C9H17N5OS2.Zn/c1-5-15-9(17)14-12-7(3)6(2)11-13-8(16)10-4;/h5H2,1-4H3,(H,14,17)(H2,10,13,16);/q;+2/p-2/b11-6+,12-7+;. The van der Waals surface area contributed by atoms with Crippen LogP contribution in [0.15, 0.2) is 20.4 Å². The second kappa shape index (κ2) is 11.4. The fraction of sp³-hybridized carbons (Fsp3) is 0.556. The van der Waals surface area contributed by atoms with Crippen molar-refractivity contribution in [2.75, 3.05) is 13.7 Å². The molecule has 0 aromatic heterocycles. The Morgan fingerprint density at radius 3 is 2.00 bits per heavy atom. The number of ether oxygens (including phenoxy) is 1. The van der Waals surface area contributed by atoms with Gasteiger partial charge in [0.1, 0.15) is 0 Å². The molecule has 0 bridgehead atoms. The average Bonchev–Trinajstić information content (AvgIpc) is 2.32. The van der Waals surface area contributed by atoms with Crippen LogP contribution < -0.4 is 5.32 Å². The smallest absolute Gasteiger partial charge is 0.741 e. The molecular weight excluding hydrogens is 324 g/mol. The summed E-state index contributed by atoms with van der Waals surface area (Å²) in [5, 5.41) is 18.3. The molecule has 0 saturated carbocycles. The summed E-state index contributed by atoms with van der Waals surface area (Å²) in [7, 11) is 1.67. The molecule has 0 saturated heterocycles. The quantitative estimate of drug-likeness (QED) is 0.270. The van der Waals surface area contributed by atoms with Gasteiger partial charge in [-0.3, -0.25) is 0 Å². The van der Waals surface area contributed by atoms with Gasteiger partial charge < -0.3 is 35.3 Å². The maximum absolute atomic E-state index is 4.95. The van der Waals surface area contributed by atoms with E-state index in [2.05, 4.69) is 25.7 Å². The van der Waals surface area contributed by atoms with Crippen LogP contribution in [0.4, 0.5) is 0 Å². The molecule has 0 aromatic carbocycles. The molecule has 0 amide bonds. The monoisotopic (exact) mass is 337 g/mol. The van der Waals surface area contributed by atoms with Gasteiger partial charge in [-0.1, -0.05) is 0 Å². The minimum absolute atomic E-state index is 0. The van der Waals surface area contributed by atoms with Crippen molar-refractivity contribution in [2.45, 2.75) is 20.8 Å². The Labute approximate surface area is 131 Å². The average molecular weight is 339 g/mol. The zero-order valence-corrected chi connectivity index (χ0v) is 15.5. The maximum atomic E-state index is 4.95. The van der Waals surface area contributed by atoms with E-state index in [1.165, 1.54) is 0 Å². The summed E-state index contributed by atoms with van der Waals surface area (Å²) in [6, 6.07) is 0. The van der Waals surface area contributed by atoms with E-state index in [4.69, 9.17) is 30.0 Å². The van der Waals surface area contributed by atoms with Crippen molar-refractivity contribution < 1.29 is 24.2 Å². The van der Waals surface area contributed by atoms with E-state index in [1.807, 2.05) is 6.92 Å². The van der Waals surface area contributed by atoms with Gasteiger partial charge in [0.2, 0.25) is 0 Å². The second-order valence-corrected chi connectivity index (χ2v) is 3.56. The van der Waals surface area contributed by atoms with E-state index in [1.54, 1.807) is 20.9 Å².